The molecular formula is C24H26ClN5O3. The standard InChI is InChI=1S/C24H26ClN5O3/c1-24(2,3)33-23(32)26-12-13-29-15-27-21-20(29)22(31)30(17-8-6-5-7-9-17)19-14-16(25)10-11-18(19)28(21)4/h5-11,14-15H,12-13H2,1-4H3,(H,26,32). The Morgan fingerprint density at radius 1 is 1.12 bits per heavy atom. The van der Waals surface area contributed by atoms with Crippen molar-refractivity contribution in [1.82, 2.24) is 14.9 Å². The maximum absolute atomic E-state index is 13.9. The van der Waals surface area contributed by atoms with Crippen LogP contribution in [0.4, 0.5) is 27.7 Å². The molecule has 1 aliphatic rings. The first-order valence-electron chi connectivity index (χ1n) is 10.6. The minimum atomic E-state index is -0.585. The molecular weight excluding hydrogens is 442 g/mol. The van der Waals surface area contributed by atoms with E-state index in [4.69, 9.17) is 16.3 Å². The Kier molecular flexibility index (Phi) is 6.03. The third kappa shape index (κ3) is 4.66. The van der Waals surface area contributed by atoms with Crippen LogP contribution >= 0.6 is 11.6 Å². The number of nitrogens with zero attached hydrogens (tertiary/aromatic N) is 4. The lowest BCUT2D eigenvalue weighted by Gasteiger charge is -2.25. The first-order chi connectivity index (χ1) is 15.7. The van der Waals surface area contributed by atoms with Gasteiger partial charge < -0.3 is 19.5 Å². The lowest BCUT2D eigenvalue weighted by Crippen LogP contribution is -2.35. The van der Waals surface area contributed by atoms with E-state index in [2.05, 4.69) is 10.3 Å². The molecule has 1 aromatic heterocycles. The fraction of sp³-hybridized carbons (Fsp3) is 0.292. The quantitative estimate of drug-likeness (QED) is 0.576. The highest BCUT2D eigenvalue weighted by molar-refractivity contribution is 6.31. The molecule has 1 aliphatic heterocycles. The first kappa shape index (κ1) is 22.7. The predicted molar refractivity (Wildman–Crippen MR) is 129 cm³/mol. The summed E-state index contributed by atoms with van der Waals surface area (Å²) in [4.78, 5) is 34.0. The zero-order valence-corrected chi connectivity index (χ0v) is 19.8. The van der Waals surface area contributed by atoms with Gasteiger partial charge in [0, 0.05) is 30.8 Å². The van der Waals surface area contributed by atoms with Gasteiger partial charge in [-0.1, -0.05) is 29.8 Å². The van der Waals surface area contributed by atoms with Crippen molar-refractivity contribution < 1.29 is 14.3 Å². The largest absolute Gasteiger partial charge is 0.444 e. The van der Waals surface area contributed by atoms with Gasteiger partial charge in [0.2, 0.25) is 0 Å². The van der Waals surface area contributed by atoms with Gasteiger partial charge in [-0.15, -0.1) is 0 Å². The fourth-order valence-corrected chi connectivity index (χ4v) is 3.89. The van der Waals surface area contributed by atoms with Gasteiger partial charge in [-0.3, -0.25) is 9.69 Å². The Labute approximate surface area is 197 Å². The number of halogens is 1. The van der Waals surface area contributed by atoms with Crippen LogP contribution in [0.15, 0.2) is 54.9 Å². The maximum atomic E-state index is 13.9. The van der Waals surface area contributed by atoms with Crippen LogP contribution in [-0.2, 0) is 11.3 Å². The number of nitrogens with one attached hydrogen (secondary N) is 1. The topological polar surface area (TPSA) is 79.7 Å². The van der Waals surface area contributed by atoms with Crippen LogP contribution in [-0.4, -0.2) is 40.7 Å². The highest BCUT2D eigenvalue weighted by atomic mass is 35.5. The van der Waals surface area contributed by atoms with Crippen LogP contribution in [0.25, 0.3) is 0 Å². The zero-order valence-electron chi connectivity index (χ0n) is 19.0. The second kappa shape index (κ2) is 8.78. The number of para-hydroxylation sites is 1. The molecule has 0 radical (unpaired) electrons. The molecule has 0 spiro atoms. The number of alkyl carbamates (subject to hydrolysis) is 1. The Hall–Kier alpha value is -3.52. The lowest BCUT2D eigenvalue weighted by molar-refractivity contribution is 0.0526. The SMILES string of the molecule is CN1c2ccc(Cl)cc2N(c2ccccc2)C(=O)c2c1ncn2CCNC(=O)OC(C)(C)C. The molecule has 0 unspecified atom stereocenters. The summed E-state index contributed by atoms with van der Waals surface area (Å²) in [5.41, 5.74) is 2.01. The predicted octanol–water partition coefficient (Wildman–Crippen LogP) is 5.12. The Morgan fingerprint density at radius 2 is 1.85 bits per heavy atom. The van der Waals surface area contributed by atoms with E-state index in [-0.39, 0.29) is 12.5 Å². The average Bonchev–Trinajstić information content (AvgIpc) is 3.13. The number of anilines is 4. The third-order valence-corrected chi connectivity index (χ3v) is 5.35. The number of carbonyl (C=O) groups excluding carboxylic acids is 2. The van der Waals surface area contributed by atoms with Crippen LogP contribution in [0.2, 0.25) is 5.02 Å². The molecule has 3 aromatic rings. The van der Waals surface area contributed by atoms with E-state index < -0.39 is 11.7 Å². The number of fused-ring (bicyclic) bond motifs is 2. The average molecular weight is 468 g/mol. The van der Waals surface area contributed by atoms with Crippen LogP contribution in [0.5, 0.6) is 0 Å². The van der Waals surface area contributed by atoms with E-state index in [1.165, 1.54) is 0 Å². The van der Waals surface area contributed by atoms with Crippen molar-refractivity contribution in [2.45, 2.75) is 32.9 Å². The van der Waals surface area contributed by atoms with Gasteiger partial charge in [0.25, 0.3) is 5.91 Å². The van der Waals surface area contributed by atoms with E-state index in [0.717, 1.165) is 5.69 Å². The van der Waals surface area contributed by atoms with Crippen molar-refractivity contribution >= 4 is 46.5 Å². The van der Waals surface area contributed by atoms with Crippen molar-refractivity contribution in [2.75, 3.05) is 23.4 Å². The highest BCUT2D eigenvalue weighted by Crippen LogP contribution is 2.43. The summed E-state index contributed by atoms with van der Waals surface area (Å²) in [6.07, 6.45) is 1.10. The van der Waals surface area contributed by atoms with Gasteiger partial charge in [0.15, 0.2) is 11.5 Å². The summed E-state index contributed by atoms with van der Waals surface area (Å²) in [6, 6.07) is 14.8. The van der Waals surface area contributed by atoms with E-state index in [1.54, 1.807) is 48.7 Å². The molecule has 1 N–H and O–H groups in total. The number of rotatable bonds is 4. The number of hydrogen-bond acceptors (Lipinski definition) is 5. The van der Waals surface area contributed by atoms with Crippen molar-refractivity contribution in [3.05, 3.63) is 65.6 Å². The Bertz CT molecular complexity index is 1190. The van der Waals surface area contributed by atoms with E-state index in [1.807, 2.05) is 48.3 Å². The van der Waals surface area contributed by atoms with Gasteiger partial charge in [-0.2, -0.15) is 0 Å². The smallest absolute Gasteiger partial charge is 0.407 e. The van der Waals surface area contributed by atoms with Crippen molar-refractivity contribution in [2.24, 2.45) is 0 Å². The summed E-state index contributed by atoms with van der Waals surface area (Å²) in [5, 5.41) is 3.26. The number of aromatic nitrogens is 2. The monoisotopic (exact) mass is 467 g/mol. The second-order valence-corrected chi connectivity index (χ2v) is 9.14. The molecule has 2 aromatic carbocycles. The number of hydrogen-bond donors (Lipinski definition) is 1. The van der Waals surface area contributed by atoms with Crippen LogP contribution in [0, 0.1) is 0 Å². The molecule has 4 rings (SSSR count). The first-order valence-corrected chi connectivity index (χ1v) is 11.0. The molecule has 0 saturated carbocycles. The van der Waals surface area contributed by atoms with Gasteiger partial charge >= 0.3 is 6.09 Å². The van der Waals surface area contributed by atoms with Crippen molar-refractivity contribution in [3.8, 4) is 0 Å². The minimum Gasteiger partial charge on any atom is -0.444 e. The summed E-state index contributed by atoms with van der Waals surface area (Å²) < 4.78 is 7.03. The number of benzene rings is 2. The number of amides is 2. The van der Waals surface area contributed by atoms with Gasteiger partial charge in [0.1, 0.15) is 5.60 Å². The van der Waals surface area contributed by atoms with Crippen LogP contribution in [0.3, 0.4) is 0 Å². The van der Waals surface area contributed by atoms with Crippen LogP contribution in [0.1, 0.15) is 31.3 Å². The van der Waals surface area contributed by atoms with E-state index in [9.17, 15) is 9.59 Å². The molecule has 172 valence electrons. The molecule has 2 heterocycles. The number of ether oxygens (including phenoxy) is 1. The summed E-state index contributed by atoms with van der Waals surface area (Å²) in [6.45, 7) is 6.04. The summed E-state index contributed by atoms with van der Waals surface area (Å²) in [5.74, 6) is 0.290. The minimum absolute atomic E-state index is 0.237. The number of imidazole rings is 1. The normalized spacial score (nSPS) is 13.3. The molecule has 0 aliphatic carbocycles. The maximum Gasteiger partial charge on any atom is 0.407 e. The van der Waals surface area contributed by atoms with Gasteiger partial charge in [0.05, 0.1) is 17.7 Å². The van der Waals surface area contributed by atoms with Gasteiger partial charge in [-0.05, 0) is 51.1 Å². The van der Waals surface area contributed by atoms with E-state index >= 15 is 0 Å². The third-order valence-electron chi connectivity index (χ3n) is 5.12. The molecule has 0 atom stereocenters. The molecule has 0 bridgehead atoms. The second-order valence-electron chi connectivity index (χ2n) is 8.71. The highest BCUT2D eigenvalue weighted by Gasteiger charge is 2.34. The summed E-state index contributed by atoms with van der Waals surface area (Å²) in [7, 11) is 1.86. The van der Waals surface area contributed by atoms with E-state index in [0.29, 0.717) is 34.5 Å². The summed E-state index contributed by atoms with van der Waals surface area (Å²) >= 11 is 6.31. The zero-order chi connectivity index (χ0) is 23.8. The van der Waals surface area contributed by atoms with Gasteiger partial charge in [-0.25, -0.2) is 9.78 Å². The Balaban J connectivity index is 1.70. The van der Waals surface area contributed by atoms with Crippen molar-refractivity contribution in [3.63, 3.8) is 0 Å². The Morgan fingerprint density at radius 3 is 2.55 bits per heavy atom. The molecule has 8 nitrogen and oxygen atoms in total. The number of carbonyl (C=O) groups is 2. The van der Waals surface area contributed by atoms with Crippen LogP contribution < -0.4 is 15.1 Å². The molecule has 33 heavy (non-hydrogen) atoms. The molecule has 9 heteroatoms. The molecule has 2 amide bonds. The fourth-order valence-electron chi connectivity index (χ4n) is 3.72. The van der Waals surface area contributed by atoms with Crippen molar-refractivity contribution in [1.29, 1.82) is 0 Å². The lowest BCUT2D eigenvalue weighted by atomic mass is 10.2. The molecule has 0 saturated heterocycles. The molecule has 0 fully saturated rings.